The molecule has 0 unspecified atom stereocenters. The summed E-state index contributed by atoms with van der Waals surface area (Å²) in [5.41, 5.74) is 5.32. The third kappa shape index (κ3) is 2.74. The maximum Gasteiger partial charge on any atom is 0.198 e. The minimum atomic E-state index is -0.831. The summed E-state index contributed by atoms with van der Waals surface area (Å²) >= 11 is 3.24. The van der Waals surface area contributed by atoms with Crippen molar-refractivity contribution < 1.29 is 13.5 Å². The fraction of sp³-hybridized carbons (Fsp3) is 0. The van der Waals surface area contributed by atoms with E-state index in [4.69, 9.17) is 10.5 Å². The van der Waals surface area contributed by atoms with Crippen LogP contribution in [0.5, 0.6) is 11.5 Å². The average molecular weight is 300 g/mol. The zero-order valence-corrected chi connectivity index (χ0v) is 10.2. The van der Waals surface area contributed by atoms with Gasteiger partial charge in [-0.25, -0.2) is 8.78 Å². The van der Waals surface area contributed by atoms with Gasteiger partial charge in [0.25, 0.3) is 0 Å². The van der Waals surface area contributed by atoms with E-state index in [9.17, 15) is 8.78 Å². The molecule has 0 aliphatic rings. The molecule has 5 heteroatoms. The Kier molecular flexibility index (Phi) is 3.28. The quantitative estimate of drug-likeness (QED) is 0.847. The number of nitrogens with two attached hydrogens (primary N) is 1. The van der Waals surface area contributed by atoms with Gasteiger partial charge in [-0.15, -0.1) is 0 Å². The number of halogens is 3. The Morgan fingerprint density at radius 3 is 2.29 bits per heavy atom. The monoisotopic (exact) mass is 299 g/mol. The number of anilines is 1. The molecule has 0 atom stereocenters. The van der Waals surface area contributed by atoms with Crippen LogP contribution in [0.3, 0.4) is 0 Å². The van der Waals surface area contributed by atoms with Crippen molar-refractivity contribution in [2.45, 2.75) is 0 Å². The minimum Gasteiger partial charge on any atom is -0.451 e. The lowest BCUT2D eigenvalue weighted by atomic mass is 10.2. The van der Waals surface area contributed by atoms with Crippen LogP contribution in [0, 0.1) is 11.6 Å². The van der Waals surface area contributed by atoms with Gasteiger partial charge in [-0.2, -0.15) is 0 Å². The van der Waals surface area contributed by atoms with E-state index in [0.29, 0.717) is 5.75 Å². The summed E-state index contributed by atoms with van der Waals surface area (Å²) in [6.45, 7) is 0. The summed E-state index contributed by atoms with van der Waals surface area (Å²) in [4.78, 5) is 0. The molecule has 0 saturated carbocycles. The van der Waals surface area contributed by atoms with Crippen molar-refractivity contribution in [3.8, 4) is 11.5 Å². The van der Waals surface area contributed by atoms with Crippen LogP contribution >= 0.6 is 15.9 Å². The van der Waals surface area contributed by atoms with Gasteiger partial charge in [0, 0.05) is 22.3 Å². The third-order valence-electron chi connectivity index (χ3n) is 2.04. The first-order chi connectivity index (χ1) is 8.06. The van der Waals surface area contributed by atoms with Crippen LogP contribution in [0.4, 0.5) is 14.5 Å². The Balaban J connectivity index is 2.36. The van der Waals surface area contributed by atoms with E-state index in [1.807, 2.05) is 0 Å². The first-order valence-corrected chi connectivity index (χ1v) is 5.53. The molecule has 0 fully saturated rings. The van der Waals surface area contributed by atoms with Gasteiger partial charge in [0.2, 0.25) is 0 Å². The highest BCUT2D eigenvalue weighted by atomic mass is 79.9. The SMILES string of the molecule is Nc1cc(F)c(Oc2cccc(Br)c2)c(F)c1. The van der Waals surface area contributed by atoms with Crippen LogP contribution < -0.4 is 10.5 Å². The van der Waals surface area contributed by atoms with Crippen LogP contribution in [0.1, 0.15) is 0 Å². The molecule has 0 radical (unpaired) electrons. The molecule has 0 saturated heterocycles. The van der Waals surface area contributed by atoms with Gasteiger partial charge in [0.1, 0.15) is 5.75 Å². The zero-order valence-electron chi connectivity index (χ0n) is 8.58. The topological polar surface area (TPSA) is 35.2 Å². The second-order valence-electron chi connectivity index (χ2n) is 3.37. The average Bonchev–Trinajstić information content (AvgIpc) is 2.23. The van der Waals surface area contributed by atoms with E-state index in [2.05, 4.69) is 15.9 Å². The molecule has 2 rings (SSSR count). The molecule has 0 aliphatic carbocycles. The molecule has 2 aromatic rings. The predicted octanol–water partition coefficient (Wildman–Crippen LogP) is 4.10. The van der Waals surface area contributed by atoms with E-state index in [-0.39, 0.29) is 5.69 Å². The summed E-state index contributed by atoms with van der Waals surface area (Å²) in [7, 11) is 0. The molecule has 0 spiro atoms. The highest BCUT2D eigenvalue weighted by Gasteiger charge is 2.12. The van der Waals surface area contributed by atoms with Gasteiger partial charge in [0.15, 0.2) is 17.4 Å². The predicted molar refractivity (Wildman–Crippen MR) is 65.0 cm³/mol. The Morgan fingerprint density at radius 2 is 1.71 bits per heavy atom. The molecule has 2 nitrogen and oxygen atoms in total. The van der Waals surface area contributed by atoms with Gasteiger partial charge in [-0.1, -0.05) is 22.0 Å². The lowest BCUT2D eigenvalue weighted by Gasteiger charge is -2.08. The minimum absolute atomic E-state index is 0.0154. The Morgan fingerprint density at radius 1 is 1.06 bits per heavy atom. The van der Waals surface area contributed by atoms with Crippen molar-refractivity contribution in [1.29, 1.82) is 0 Å². The second kappa shape index (κ2) is 4.71. The standard InChI is InChI=1S/C12H8BrF2NO/c13-7-2-1-3-9(4-7)17-12-10(14)5-8(16)6-11(12)15/h1-6H,16H2. The molecule has 0 heterocycles. The fourth-order valence-corrected chi connectivity index (χ4v) is 1.70. The van der Waals surface area contributed by atoms with Crippen molar-refractivity contribution in [2.24, 2.45) is 0 Å². The maximum atomic E-state index is 13.4. The Hall–Kier alpha value is -1.62. The summed E-state index contributed by atoms with van der Waals surface area (Å²) in [5.74, 6) is -1.79. The van der Waals surface area contributed by atoms with Crippen LogP contribution in [0.15, 0.2) is 40.9 Å². The van der Waals surface area contributed by atoms with E-state index < -0.39 is 17.4 Å². The summed E-state index contributed by atoms with van der Waals surface area (Å²) < 4.78 is 32.8. The third-order valence-corrected chi connectivity index (χ3v) is 2.53. The molecular formula is C12H8BrF2NO. The summed E-state index contributed by atoms with van der Waals surface area (Å²) in [6, 6.07) is 8.71. The molecule has 0 amide bonds. The maximum absolute atomic E-state index is 13.4. The smallest absolute Gasteiger partial charge is 0.198 e. The molecular weight excluding hydrogens is 292 g/mol. The van der Waals surface area contributed by atoms with Crippen molar-refractivity contribution >= 4 is 21.6 Å². The van der Waals surface area contributed by atoms with Crippen molar-refractivity contribution in [2.75, 3.05) is 5.73 Å². The van der Waals surface area contributed by atoms with E-state index in [1.54, 1.807) is 24.3 Å². The molecule has 2 aromatic carbocycles. The highest BCUT2D eigenvalue weighted by molar-refractivity contribution is 9.10. The van der Waals surface area contributed by atoms with Gasteiger partial charge in [0.05, 0.1) is 0 Å². The van der Waals surface area contributed by atoms with Crippen LogP contribution in [-0.2, 0) is 0 Å². The lowest BCUT2D eigenvalue weighted by Crippen LogP contribution is -1.95. The molecule has 0 aliphatic heterocycles. The highest BCUT2D eigenvalue weighted by Crippen LogP contribution is 2.30. The van der Waals surface area contributed by atoms with Crippen LogP contribution in [-0.4, -0.2) is 0 Å². The number of hydrogen-bond donors (Lipinski definition) is 1. The van der Waals surface area contributed by atoms with E-state index in [0.717, 1.165) is 16.6 Å². The Bertz CT molecular complexity index is 537. The van der Waals surface area contributed by atoms with Gasteiger partial charge < -0.3 is 10.5 Å². The first kappa shape index (κ1) is 11.9. The van der Waals surface area contributed by atoms with Crippen LogP contribution in [0.25, 0.3) is 0 Å². The molecule has 2 N–H and O–H groups in total. The number of hydrogen-bond acceptors (Lipinski definition) is 2. The van der Waals surface area contributed by atoms with E-state index in [1.165, 1.54) is 0 Å². The second-order valence-corrected chi connectivity index (χ2v) is 4.29. The summed E-state index contributed by atoms with van der Waals surface area (Å²) in [6.07, 6.45) is 0. The number of rotatable bonds is 2. The van der Waals surface area contributed by atoms with E-state index >= 15 is 0 Å². The molecule has 0 aromatic heterocycles. The van der Waals surface area contributed by atoms with Crippen molar-refractivity contribution in [3.05, 3.63) is 52.5 Å². The lowest BCUT2D eigenvalue weighted by molar-refractivity contribution is 0.408. The number of nitrogen functional groups attached to an aromatic ring is 1. The van der Waals surface area contributed by atoms with Gasteiger partial charge >= 0.3 is 0 Å². The van der Waals surface area contributed by atoms with Gasteiger partial charge in [-0.3, -0.25) is 0 Å². The first-order valence-electron chi connectivity index (χ1n) is 4.74. The molecule has 88 valence electrons. The number of benzene rings is 2. The van der Waals surface area contributed by atoms with Crippen molar-refractivity contribution in [3.63, 3.8) is 0 Å². The van der Waals surface area contributed by atoms with Crippen molar-refractivity contribution in [1.82, 2.24) is 0 Å². The summed E-state index contributed by atoms with van der Waals surface area (Å²) in [5, 5.41) is 0. The molecule has 17 heavy (non-hydrogen) atoms. The Labute approximate surface area is 105 Å². The largest absolute Gasteiger partial charge is 0.451 e. The van der Waals surface area contributed by atoms with Crippen LogP contribution in [0.2, 0.25) is 0 Å². The normalized spacial score (nSPS) is 10.3. The zero-order chi connectivity index (χ0) is 12.4. The molecule has 0 bridgehead atoms. The number of ether oxygens (including phenoxy) is 1. The van der Waals surface area contributed by atoms with Gasteiger partial charge in [-0.05, 0) is 18.2 Å². The fourth-order valence-electron chi connectivity index (χ4n) is 1.33.